The number of rotatable bonds is 1. The summed E-state index contributed by atoms with van der Waals surface area (Å²) in [6.45, 7) is 9.67. The molecule has 1 aromatic rings. The molecule has 144 valence electrons. The van der Waals surface area contributed by atoms with Crippen LogP contribution in [0.5, 0.6) is 11.5 Å². The van der Waals surface area contributed by atoms with Gasteiger partial charge in [0.1, 0.15) is 15.7 Å². The Balaban J connectivity index is 2.52. The van der Waals surface area contributed by atoms with Gasteiger partial charge in [-0.05, 0) is 57.5 Å². The number of fused-ring (bicyclic) bond motifs is 1. The lowest BCUT2D eigenvalue weighted by molar-refractivity contribution is 0.0429. The van der Waals surface area contributed by atoms with Gasteiger partial charge in [-0.1, -0.05) is 0 Å². The maximum absolute atomic E-state index is 14.9. The largest absolute Gasteiger partial charge is 0.453 e. The van der Waals surface area contributed by atoms with Gasteiger partial charge in [0.05, 0.1) is 5.69 Å². The molecule has 0 atom stereocenters. The highest BCUT2D eigenvalue weighted by Crippen LogP contribution is 2.45. The number of halogens is 2. The highest BCUT2D eigenvalue weighted by Gasteiger charge is 2.37. The van der Waals surface area contributed by atoms with Gasteiger partial charge in [0, 0.05) is 6.07 Å². The lowest BCUT2D eigenvalue weighted by Gasteiger charge is -2.29. The maximum Gasteiger partial charge on any atom is 0.424 e. The second kappa shape index (κ2) is 6.94. The van der Waals surface area contributed by atoms with Gasteiger partial charge < -0.3 is 18.9 Å². The molecule has 0 fully saturated rings. The molecule has 0 N–H and O–H groups in total. The van der Waals surface area contributed by atoms with Crippen molar-refractivity contribution in [3.8, 4) is 11.5 Å². The Morgan fingerprint density at radius 3 is 2.04 bits per heavy atom. The van der Waals surface area contributed by atoms with Crippen LogP contribution in [0, 0.1) is 5.82 Å². The van der Waals surface area contributed by atoms with Gasteiger partial charge in [0.25, 0.3) is 0 Å². The van der Waals surface area contributed by atoms with Crippen LogP contribution in [0.1, 0.15) is 41.5 Å². The summed E-state index contributed by atoms with van der Waals surface area (Å²) in [6.07, 6.45) is -2.15. The van der Waals surface area contributed by atoms with Crippen molar-refractivity contribution in [2.24, 2.45) is 0 Å². The zero-order chi connectivity index (χ0) is 19.9. The number of amides is 2. The third-order valence-corrected chi connectivity index (χ3v) is 3.63. The standard InChI is InChI=1S/C17H21BrFNO6/c1-16(2,3)25-14(21)20(15(22)26-17(4,5)6)9-7-10-13(24-8-23-10)11(18)12(9)19/h7H,8H2,1-6H3. The molecule has 9 heteroatoms. The lowest BCUT2D eigenvalue weighted by Crippen LogP contribution is -2.44. The molecule has 0 radical (unpaired) electrons. The summed E-state index contributed by atoms with van der Waals surface area (Å²) < 4.78 is 35.7. The molecule has 2 rings (SSSR count). The van der Waals surface area contributed by atoms with Crippen molar-refractivity contribution < 1.29 is 32.9 Å². The quantitative estimate of drug-likeness (QED) is 0.620. The summed E-state index contributed by atoms with van der Waals surface area (Å²) in [6, 6.07) is 1.19. The van der Waals surface area contributed by atoms with Crippen molar-refractivity contribution in [2.45, 2.75) is 52.7 Å². The van der Waals surface area contributed by atoms with Crippen molar-refractivity contribution in [1.29, 1.82) is 0 Å². The topological polar surface area (TPSA) is 74.3 Å². The number of anilines is 1. The molecule has 1 aromatic carbocycles. The highest BCUT2D eigenvalue weighted by molar-refractivity contribution is 9.10. The fourth-order valence-electron chi connectivity index (χ4n) is 2.02. The number of hydrogen-bond acceptors (Lipinski definition) is 6. The van der Waals surface area contributed by atoms with Crippen LogP contribution in [0.25, 0.3) is 0 Å². The van der Waals surface area contributed by atoms with Crippen molar-refractivity contribution >= 4 is 33.8 Å². The fourth-order valence-corrected chi connectivity index (χ4v) is 2.53. The molecule has 0 saturated carbocycles. The number of imide groups is 1. The molecule has 26 heavy (non-hydrogen) atoms. The predicted molar refractivity (Wildman–Crippen MR) is 95.2 cm³/mol. The Labute approximate surface area is 159 Å². The molecule has 0 aliphatic carbocycles. The van der Waals surface area contributed by atoms with E-state index in [1.165, 1.54) is 6.07 Å². The molecule has 0 spiro atoms. The monoisotopic (exact) mass is 433 g/mol. The number of ether oxygens (including phenoxy) is 4. The average molecular weight is 434 g/mol. The molecule has 0 bridgehead atoms. The Hall–Kier alpha value is -2.03. The Morgan fingerprint density at radius 2 is 1.58 bits per heavy atom. The molecular weight excluding hydrogens is 413 g/mol. The van der Waals surface area contributed by atoms with Crippen molar-refractivity contribution in [3.63, 3.8) is 0 Å². The van der Waals surface area contributed by atoms with E-state index in [0.717, 1.165) is 0 Å². The Bertz CT molecular complexity index is 710. The van der Waals surface area contributed by atoms with Gasteiger partial charge >= 0.3 is 12.2 Å². The molecule has 2 amide bonds. The molecule has 0 saturated heterocycles. The van der Waals surface area contributed by atoms with E-state index >= 15 is 0 Å². The fraction of sp³-hybridized carbons (Fsp3) is 0.529. The summed E-state index contributed by atoms with van der Waals surface area (Å²) in [5, 5.41) is 0. The van der Waals surface area contributed by atoms with E-state index in [9.17, 15) is 14.0 Å². The number of benzene rings is 1. The molecule has 1 aliphatic rings. The van der Waals surface area contributed by atoms with Crippen molar-refractivity contribution in [1.82, 2.24) is 0 Å². The van der Waals surface area contributed by atoms with Crippen LogP contribution < -0.4 is 14.4 Å². The third kappa shape index (κ3) is 4.57. The summed E-state index contributed by atoms with van der Waals surface area (Å²) in [4.78, 5) is 25.7. The Kier molecular flexibility index (Phi) is 5.41. The zero-order valence-corrected chi connectivity index (χ0v) is 17.0. The van der Waals surface area contributed by atoms with Crippen LogP contribution in [0.15, 0.2) is 10.5 Å². The minimum absolute atomic E-state index is 0.0698. The van der Waals surface area contributed by atoms with E-state index in [0.29, 0.717) is 4.90 Å². The number of carbonyl (C=O) groups excluding carboxylic acids is 2. The first-order valence-corrected chi connectivity index (χ1v) is 8.63. The smallest absolute Gasteiger partial charge is 0.424 e. The summed E-state index contributed by atoms with van der Waals surface area (Å²) >= 11 is 3.06. The highest BCUT2D eigenvalue weighted by atomic mass is 79.9. The minimum Gasteiger partial charge on any atom is -0.453 e. The average Bonchev–Trinajstić information content (AvgIpc) is 2.88. The van der Waals surface area contributed by atoms with Crippen LogP contribution >= 0.6 is 15.9 Å². The normalized spacial score (nSPS) is 13.4. The van der Waals surface area contributed by atoms with E-state index in [1.54, 1.807) is 41.5 Å². The van der Waals surface area contributed by atoms with E-state index in [1.807, 2.05) is 0 Å². The van der Waals surface area contributed by atoms with E-state index < -0.39 is 29.2 Å². The SMILES string of the molecule is CC(C)(C)OC(=O)N(C(=O)OC(C)(C)C)c1cc2c(c(Br)c1F)OCO2. The number of hydrogen-bond donors (Lipinski definition) is 0. The summed E-state index contributed by atoms with van der Waals surface area (Å²) in [5.41, 5.74) is -2.17. The van der Waals surface area contributed by atoms with Gasteiger partial charge in [0.15, 0.2) is 17.3 Å². The van der Waals surface area contributed by atoms with Crippen molar-refractivity contribution in [3.05, 3.63) is 16.4 Å². The van der Waals surface area contributed by atoms with Gasteiger partial charge in [0.2, 0.25) is 6.79 Å². The second-order valence-corrected chi connectivity index (χ2v) is 8.35. The van der Waals surface area contributed by atoms with Gasteiger partial charge in [-0.15, -0.1) is 0 Å². The van der Waals surface area contributed by atoms with E-state index in [2.05, 4.69) is 15.9 Å². The Morgan fingerprint density at radius 1 is 1.08 bits per heavy atom. The van der Waals surface area contributed by atoms with E-state index in [4.69, 9.17) is 18.9 Å². The van der Waals surface area contributed by atoms with Crippen LogP contribution in [-0.2, 0) is 9.47 Å². The van der Waals surface area contributed by atoms with Gasteiger partial charge in [-0.3, -0.25) is 0 Å². The molecule has 7 nitrogen and oxygen atoms in total. The number of carbonyl (C=O) groups is 2. The van der Waals surface area contributed by atoms with Crippen LogP contribution in [0.4, 0.5) is 19.7 Å². The zero-order valence-electron chi connectivity index (χ0n) is 15.4. The molecule has 0 aromatic heterocycles. The first-order valence-electron chi connectivity index (χ1n) is 7.84. The minimum atomic E-state index is -1.07. The molecule has 0 unspecified atom stereocenters. The van der Waals surface area contributed by atoms with Crippen LogP contribution in [0.3, 0.4) is 0 Å². The third-order valence-electron chi connectivity index (χ3n) is 2.92. The van der Waals surface area contributed by atoms with Gasteiger partial charge in [-0.25, -0.2) is 14.0 Å². The van der Waals surface area contributed by atoms with E-state index in [-0.39, 0.29) is 28.5 Å². The second-order valence-electron chi connectivity index (χ2n) is 7.55. The van der Waals surface area contributed by atoms with Gasteiger partial charge in [-0.2, -0.15) is 4.90 Å². The predicted octanol–water partition coefficient (Wildman–Crippen LogP) is 4.99. The summed E-state index contributed by atoms with van der Waals surface area (Å²) in [5.74, 6) is -0.545. The van der Waals surface area contributed by atoms with Crippen molar-refractivity contribution in [2.75, 3.05) is 11.7 Å². The molecular formula is C17H21BrFNO6. The number of nitrogens with zero attached hydrogens (tertiary/aromatic N) is 1. The first-order chi connectivity index (χ1) is 11.8. The van der Waals surface area contributed by atoms with Crippen LogP contribution in [-0.4, -0.2) is 30.2 Å². The van der Waals surface area contributed by atoms with Crippen LogP contribution in [0.2, 0.25) is 0 Å². The lowest BCUT2D eigenvalue weighted by atomic mass is 10.2. The maximum atomic E-state index is 14.9. The summed E-state index contributed by atoms with van der Waals surface area (Å²) in [7, 11) is 0. The molecule has 1 aliphatic heterocycles. The molecule has 1 heterocycles. The first kappa shape index (κ1) is 20.3.